The van der Waals surface area contributed by atoms with Crippen molar-refractivity contribution in [1.29, 1.82) is 0 Å². The predicted molar refractivity (Wildman–Crippen MR) is 74.5 cm³/mol. The summed E-state index contributed by atoms with van der Waals surface area (Å²) in [7, 11) is 1.62. The van der Waals surface area contributed by atoms with Gasteiger partial charge in [-0.15, -0.1) is 0 Å². The highest BCUT2D eigenvalue weighted by atomic mass is 16.5. The van der Waals surface area contributed by atoms with Crippen LogP contribution in [-0.4, -0.2) is 17.7 Å². The second-order valence-corrected chi connectivity index (χ2v) is 3.86. The maximum atomic E-state index is 9.93. The lowest BCUT2D eigenvalue weighted by Crippen LogP contribution is -1.95. The van der Waals surface area contributed by atoms with Crippen molar-refractivity contribution in [3.63, 3.8) is 0 Å². The van der Waals surface area contributed by atoms with Gasteiger partial charge in [0.25, 0.3) is 0 Å². The summed E-state index contributed by atoms with van der Waals surface area (Å²) in [4.78, 5) is 9.93. The Labute approximate surface area is 107 Å². The molecule has 0 saturated carbocycles. The maximum absolute atomic E-state index is 9.93. The fourth-order valence-electron chi connectivity index (χ4n) is 1.60. The third-order valence-corrected chi connectivity index (χ3v) is 2.62. The van der Waals surface area contributed by atoms with Crippen LogP contribution in [0.3, 0.4) is 0 Å². The summed E-state index contributed by atoms with van der Waals surface area (Å²) in [5.74, 6) is 1.01. The zero-order valence-corrected chi connectivity index (χ0v) is 10.2. The number of methoxy groups -OCH3 is 1. The molecule has 0 fully saturated rings. The number of ether oxygens (including phenoxy) is 1. The molecule has 0 amide bonds. The van der Waals surface area contributed by atoms with Crippen molar-refractivity contribution in [2.24, 2.45) is 0 Å². The predicted octanol–water partition coefficient (Wildman–Crippen LogP) is 3.30. The Hall–Kier alpha value is -2.35. The van der Waals surface area contributed by atoms with E-state index >= 15 is 0 Å². The minimum atomic E-state index is 0.238. The van der Waals surface area contributed by atoms with Crippen LogP contribution >= 0.6 is 0 Å². The Morgan fingerprint density at radius 2 is 1.67 bits per heavy atom. The average Bonchev–Trinajstić information content (AvgIpc) is 2.46. The lowest BCUT2D eigenvalue weighted by molar-refractivity contribution is 0.415. The Morgan fingerprint density at radius 3 is 2.28 bits per heavy atom. The SMILES string of the molecule is COc1ccc(C(=[OH+])/C=C/c2ccccc2)cc1. The van der Waals surface area contributed by atoms with Gasteiger partial charge in [-0.3, -0.25) is 4.79 Å². The summed E-state index contributed by atoms with van der Waals surface area (Å²) in [6, 6.07) is 17.1. The molecule has 0 unspecified atom stereocenters. The van der Waals surface area contributed by atoms with Crippen molar-refractivity contribution in [3.8, 4) is 5.75 Å². The molecule has 90 valence electrons. The molecule has 0 aliphatic rings. The van der Waals surface area contributed by atoms with Gasteiger partial charge in [0.05, 0.1) is 12.7 Å². The van der Waals surface area contributed by atoms with Gasteiger partial charge in [-0.25, -0.2) is 0 Å². The Balaban J connectivity index is 2.09. The van der Waals surface area contributed by atoms with E-state index in [0.717, 1.165) is 16.9 Å². The number of hydrogen-bond donors (Lipinski definition) is 0. The standard InChI is InChI=1S/C16H14O2/c1-18-15-10-8-14(9-11-15)16(17)12-7-13-5-3-2-4-6-13/h2-12H,1H3/p+1/b12-7+. The van der Waals surface area contributed by atoms with Gasteiger partial charge >= 0.3 is 5.78 Å². The molecular formula is C16H15O2+. The van der Waals surface area contributed by atoms with Gasteiger partial charge in [0.15, 0.2) is 0 Å². The molecule has 18 heavy (non-hydrogen) atoms. The van der Waals surface area contributed by atoms with E-state index in [1.54, 1.807) is 13.2 Å². The molecule has 0 bridgehead atoms. The van der Waals surface area contributed by atoms with E-state index in [1.165, 1.54) is 0 Å². The van der Waals surface area contributed by atoms with Crippen molar-refractivity contribution >= 4 is 11.9 Å². The first-order valence-corrected chi connectivity index (χ1v) is 5.73. The minimum Gasteiger partial charge on any atom is -0.497 e. The number of hydrogen-bond acceptors (Lipinski definition) is 1. The molecule has 1 N–H and O–H groups in total. The van der Waals surface area contributed by atoms with E-state index in [9.17, 15) is 4.79 Å². The van der Waals surface area contributed by atoms with Gasteiger partial charge in [0.1, 0.15) is 5.75 Å². The first kappa shape index (κ1) is 12.1. The Bertz CT molecular complexity index is 539. The third kappa shape index (κ3) is 3.08. The van der Waals surface area contributed by atoms with Crippen molar-refractivity contribution in [2.75, 3.05) is 7.11 Å². The number of ketones is 1. The molecule has 0 radical (unpaired) electrons. The second kappa shape index (κ2) is 5.82. The van der Waals surface area contributed by atoms with Crippen LogP contribution in [0.25, 0.3) is 6.08 Å². The van der Waals surface area contributed by atoms with E-state index in [0.29, 0.717) is 0 Å². The lowest BCUT2D eigenvalue weighted by Gasteiger charge is -1.97. The summed E-state index contributed by atoms with van der Waals surface area (Å²) < 4.78 is 5.07. The molecule has 2 aromatic carbocycles. The maximum Gasteiger partial charge on any atom is 0.347 e. The van der Waals surface area contributed by atoms with E-state index in [1.807, 2.05) is 60.7 Å². The fourth-order valence-corrected chi connectivity index (χ4v) is 1.60. The second-order valence-electron chi connectivity index (χ2n) is 3.86. The Morgan fingerprint density at radius 1 is 1.00 bits per heavy atom. The van der Waals surface area contributed by atoms with Crippen LogP contribution in [0.4, 0.5) is 0 Å². The molecule has 0 atom stereocenters. The number of rotatable bonds is 4. The number of allylic oxidation sites excluding steroid dienone is 1. The van der Waals surface area contributed by atoms with Gasteiger partial charge in [-0.2, -0.15) is 0 Å². The summed E-state index contributed by atoms with van der Waals surface area (Å²) in [5.41, 5.74) is 1.82. The third-order valence-electron chi connectivity index (χ3n) is 2.62. The highest BCUT2D eigenvalue weighted by Gasteiger charge is 2.07. The Kier molecular flexibility index (Phi) is 3.92. The first-order valence-electron chi connectivity index (χ1n) is 5.73. The van der Waals surface area contributed by atoms with Crippen LogP contribution in [0.15, 0.2) is 60.7 Å². The normalized spacial score (nSPS) is 10.5. The highest BCUT2D eigenvalue weighted by molar-refractivity contribution is 6.07. The molecule has 2 nitrogen and oxygen atoms in total. The minimum absolute atomic E-state index is 0.238. The molecule has 0 heterocycles. The van der Waals surface area contributed by atoms with E-state index in [-0.39, 0.29) is 5.78 Å². The van der Waals surface area contributed by atoms with E-state index in [4.69, 9.17) is 4.74 Å². The smallest absolute Gasteiger partial charge is 0.347 e. The topological polar surface area (TPSA) is 30.6 Å². The summed E-state index contributed by atoms with van der Waals surface area (Å²) in [6.07, 6.45) is 3.57. The fraction of sp³-hybridized carbons (Fsp3) is 0.0625. The lowest BCUT2D eigenvalue weighted by atomic mass is 10.1. The molecular weight excluding hydrogens is 224 g/mol. The number of benzene rings is 2. The molecule has 0 aromatic heterocycles. The van der Waals surface area contributed by atoms with Gasteiger partial charge < -0.3 is 4.74 Å². The van der Waals surface area contributed by atoms with Gasteiger partial charge in [-0.1, -0.05) is 30.3 Å². The van der Waals surface area contributed by atoms with Gasteiger partial charge in [-0.05, 0) is 35.9 Å². The number of carbonyl (C=O) groups excluding carboxylic acids is 1. The van der Waals surface area contributed by atoms with Gasteiger partial charge in [0, 0.05) is 6.08 Å². The quantitative estimate of drug-likeness (QED) is 0.457. The first-order chi connectivity index (χ1) is 8.79. The van der Waals surface area contributed by atoms with Crippen molar-refractivity contribution in [1.82, 2.24) is 0 Å². The van der Waals surface area contributed by atoms with Crippen molar-refractivity contribution in [2.45, 2.75) is 0 Å². The molecule has 0 saturated heterocycles. The van der Waals surface area contributed by atoms with Crippen LogP contribution < -0.4 is 4.74 Å². The molecule has 2 rings (SSSR count). The van der Waals surface area contributed by atoms with Crippen LogP contribution in [0.1, 0.15) is 11.1 Å². The van der Waals surface area contributed by atoms with E-state index in [2.05, 4.69) is 0 Å². The van der Waals surface area contributed by atoms with Crippen molar-refractivity contribution in [3.05, 3.63) is 71.8 Å². The van der Waals surface area contributed by atoms with Crippen LogP contribution in [0.5, 0.6) is 5.75 Å². The van der Waals surface area contributed by atoms with E-state index < -0.39 is 0 Å². The largest absolute Gasteiger partial charge is 0.497 e. The molecule has 2 heteroatoms. The van der Waals surface area contributed by atoms with Gasteiger partial charge in [0.2, 0.25) is 0 Å². The highest BCUT2D eigenvalue weighted by Crippen LogP contribution is 2.12. The molecule has 0 aliphatic heterocycles. The molecule has 0 spiro atoms. The summed E-state index contributed by atoms with van der Waals surface area (Å²) in [5, 5.41) is 0. The van der Waals surface area contributed by atoms with Crippen molar-refractivity contribution < 1.29 is 9.53 Å². The van der Waals surface area contributed by atoms with Crippen LogP contribution in [0, 0.1) is 0 Å². The van der Waals surface area contributed by atoms with Crippen LogP contribution in [-0.2, 0) is 0 Å². The molecule has 0 aliphatic carbocycles. The summed E-state index contributed by atoms with van der Waals surface area (Å²) in [6.45, 7) is 0. The zero-order valence-electron chi connectivity index (χ0n) is 10.2. The van der Waals surface area contributed by atoms with Crippen LogP contribution in [0.2, 0.25) is 0 Å². The zero-order chi connectivity index (χ0) is 12.8. The average molecular weight is 239 g/mol. The molecule has 2 aromatic rings. The summed E-state index contributed by atoms with van der Waals surface area (Å²) >= 11 is 0. The monoisotopic (exact) mass is 239 g/mol.